The molecule has 5 heteroatoms. The summed E-state index contributed by atoms with van der Waals surface area (Å²) < 4.78 is 5.53. The number of hydrogen-bond acceptors (Lipinski definition) is 4. The van der Waals surface area contributed by atoms with Crippen LogP contribution < -0.4 is 10.1 Å². The largest absolute Gasteiger partial charge is 0.481 e. The summed E-state index contributed by atoms with van der Waals surface area (Å²) in [5.74, 6) is -0.232. The minimum atomic E-state index is -0.671. The fourth-order valence-corrected chi connectivity index (χ4v) is 2.62. The van der Waals surface area contributed by atoms with E-state index in [0.29, 0.717) is 18.5 Å². The normalized spacial score (nSPS) is 22.3. The van der Waals surface area contributed by atoms with Crippen molar-refractivity contribution in [2.45, 2.75) is 45.6 Å². The van der Waals surface area contributed by atoms with E-state index in [1.165, 1.54) is 0 Å². The van der Waals surface area contributed by atoms with Gasteiger partial charge in [-0.05, 0) is 51.2 Å². The molecular formula is C15H22N2O3. The number of ether oxygens (including phenoxy) is 1. The van der Waals surface area contributed by atoms with Crippen molar-refractivity contribution in [3.63, 3.8) is 0 Å². The Morgan fingerprint density at radius 1 is 1.45 bits per heavy atom. The van der Waals surface area contributed by atoms with E-state index in [4.69, 9.17) is 9.84 Å². The molecule has 1 aliphatic carbocycles. The molecule has 2 N–H and O–H groups in total. The second-order valence-corrected chi connectivity index (χ2v) is 5.33. The molecule has 1 aromatic heterocycles. The number of aryl methyl sites for hydroxylation is 1. The maximum Gasteiger partial charge on any atom is 0.306 e. The van der Waals surface area contributed by atoms with Crippen LogP contribution in [0, 0.1) is 12.8 Å². The zero-order chi connectivity index (χ0) is 14.5. The van der Waals surface area contributed by atoms with E-state index >= 15 is 0 Å². The Labute approximate surface area is 119 Å². The molecule has 20 heavy (non-hydrogen) atoms. The first-order chi connectivity index (χ1) is 9.60. The molecule has 0 saturated heterocycles. The van der Waals surface area contributed by atoms with Gasteiger partial charge in [-0.2, -0.15) is 0 Å². The molecule has 0 aromatic carbocycles. The molecule has 0 aliphatic heterocycles. The fraction of sp³-hybridized carbons (Fsp3) is 0.600. The Balaban J connectivity index is 2.00. The summed E-state index contributed by atoms with van der Waals surface area (Å²) in [7, 11) is 0. The van der Waals surface area contributed by atoms with Gasteiger partial charge in [-0.3, -0.25) is 4.79 Å². The number of aliphatic carboxylic acids is 1. The quantitative estimate of drug-likeness (QED) is 0.866. The molecule has 1 fully saturated rings. The second kappa shape index (κ2) is 6.59. The highest BCUT2D eigenvalue weighted by atomic mass is 16.5. The lowest BCUT2D eigenvalue weighted by molar-refractivity contribution is -0.142. The first-order valence-electron chi connectivity index (χ1n) is 7.19. The minimum absolute atomic E-state index is 0.185. The van der Waals surface area contributed by atoms with Gasteiger partial charge >= 0.3 is 5.97 Å². The van der Waals surface area contributed by atoms with E-state index in [-0.39, 0.29) is 5.92 Å². The van der Waals surface area contributed by atoms with Crippen LogP contribution in [0.1, 0.15) is 38.2 Å². The van der Waals surface area contributed by atoms with E-state index in [2.05, 4.69) is 10.3 Å². The van der Waals surface area contributed by atoms with Crippen LogP contribution in [-0.2, 0) is 4.79 Å². The van der Waals surface area contributed by atoms with Crippen molar-refractivity contribution >= 4 is 11.7 Å². The summed E-state index contributed by atoms with van der Waals surface area (Å²) in [5.41, 5.74) is 1.99. The molecule has 1 aliphatic rings. The number of aromatic nitrogens is 1. The number of carboxylic acid groups (broad SMARTS) is 1. The number of anilines is 1. The van der Waals surface area contributed by atoms with Crippen molar-refractivity contribution in [3.8, 4) is 5.88 Å². The van der Waals surface area contributed by atoms with Crippen molar-refractivity contribution in [1.29, 1.82) is 0 Å². The van der Waals surface area contributed by atoms with Crippen LogP contribution in [0.25, 0.3) is 0 Å². The van der Waals surface area contributed by atoms with Gasteiger partial charge in [0, 0.05) is 12.2 Å². The minimum Gasteiger partial charge on any atom is -0.481 e. The molecule has 0 unspecified atom stereocenters. The van der Waals surface area contributed by atoms with Crippen LogP contribution in [0.2, 0.25) is 0 Å². The SMILES string of the molecule is CCOc1ncc(C)cc1NC1CCC(C(=O)O)CC1. The number of carbonyl (C=O) groups is 1. The topological polar surface area (TPSA) is 71.5 Å². The van der Waals surface area contributed by atoms with Gasteiger partial charge in [-0.25, -0.2) is 4.98 Å². The van der Waals surface area contributed by atoms with Crippen LogP contribution >= 0.6 is 0 Å². The number of rotatable bonds is 5. The fourth-order valence-electron chi connectivity index (χ4n) is 2.62. The summed E-state index contributed by atoms with van der Waals surface area (Å²) in [6.07, 6.45) is 5.00. The third-order valence-electron chi connectivity index (χ3n) is 3.70. The van der Waals surface area contributed by atoms with E-state index in [1.807, 2.05) is 19.9 Å². The number of nitrogens with one attached hydrogen (secondary N) is 1. The van der Waals surface area contributed by atoms with E-state index in [1.54, 1.807) is 6.20 Å². The standard InChI is InChI=1S/C15H22N2O3/c1-3-20-14-13(8-10(2)9-16-14)17-12-6-4-11(5-7-12)15(18)19/h8-9,11-12,17H,3-7H2,1-2H3,(H,18,19). The molecule has 0 atom stereocenters. The smallest absolute Gasteiger partial charge is 0.306 e. The molecule has 110 valence electrons. The Morgan fingerprint density at radius 2 is 2.15 bits per heavy atom. The lowest BCUT2D eigenvalue weighted by Crippen LogP contribution is -2.29. The van der Waals surface area contributed by atoms with Gasteiger partial charge < -0.3 is 15.2 Å². The second-order valence-electron chi connectivity index (χ2n) is 5.33. The maximum absolute atomic E-state index is 11.0. The highest BCUT2D eigenvalue weighted by molar-refractivity contribution is 5.70. The van der Waals surface area contributed by atoms with Crippen LogP contribution in [0.5, 0.6) is 5.88 Å². The molecule has 2 rings (SSSR count). The summed E-state index contributed by atoms with van der Waals surface area (Å²) >= 11 is 0. The first-order valence-corrected chi connectivity index (χ1v) is 7.19. The molecule has 1 aromatic rings. The summed E-state index contributed by atoms with van der Waals surface area (Å²) in [4.78, 5) is 15.3. The van der Waals surface area contributed by atoms with Crippen molar-refractivity contribution < 1.29 is 14.6 Å². The average molecular weight is 278 g/mol. The predicted octanol–water partition coefficient (Wildman–Crippen LogP) is 2.84. The van der Waals surface area contributed by atoms with Gasteiger partial charge in [0.2, 0.25) is 5.88 Å². The van der Waals surface area contributed by atoms with Crippen LogP contribution in [-0.4, -0.2) is 28.7 Å². The van der Waals surface area contributed by atoms with Gasteiger partial charge in [0.25, 0.3) is 0 Å². The Bertz CT molecular complexity index is 468. The zero-order valence-corrected chi connectivity index (χ0v) is 12.1. The van der Waals surface area contributed by atoms with E-state index in [9.17, 15) is 4.79 Å². The number of hydrogen-bond donors (Lipinski definition) is 2. The third-order valence-corrected chi connectivity index (χ3v) is 3.70. The van der Waals surface area contributed by atoms with E-state index < -0.39 is 5.97 Å². The molecule has 1 saturated carbocycles. The van der Waals surface area contributed by atoms with Gasteiger partial charge in [-0.1, -0.05) is 0 Å². The zero-order valence-electron chi connectivity index (χ0n) is 12.1. The van der Waals surface area contributed by atoms with Gasteiger partial charge in [-0.15, -0.1) is 0 Å². The lowest BCUT2D eigenvalue weighted by atomic mass is 9.86. The Morgan fingerprint density at radius 3 is 2.75 bits per heavy atom. The predicted molar refractivity (Wildman–Crippen MR) is 77.1 cm³/mol. The van der Waals surface area contributed by atoms with Crippen LogP contribution in [0.3, 0.4) is 0 Å². The highest BCUT2D eigenvalue weighted by Crippen LogP contribution is 2.30. The van der Waals surface area contributed by atoms with Crippen molar-refractivity contribution in [2.75, 3.05) is 11.9 Å². The van der Waals surface area contributed by atoms with Crippen molar-refractivity contribution in [1.82, 2.24) is 4.98 Å². The van der Waals surface area contributed by atoms with Gasteiger partial charge in [0.15, 0.2) is 0 Å². The first kappa shape index (κ1) is 14.6. The summed E-state index contributed by atoms with van der Waals surface area (Å²) in [5, 5.41) is 12.5. The van der Waals surface area contributed by atoms with Crippen LogP contribution in [0.15, 0.2) is 12.3 Å². The average Bonchev–Trinajstić information content (AvgIpc) is 2.42. The lowest BCUT2D eigenvalue weighted by Gasteiger charge is -2.28. The van der Waals surface area contributed by atoms with Gasteiger partial charge in [0.1, 0.15) is 0 Å². The molecule has 0 bridgehead atoms. The molecule has 5 nitrogen and oxygen atoms in total. The molecular weight excluding hydrogens is 256 g/mol. The molecule has 0 radical (unpaired) electrons. The van der Waals surface area contributed by atoms with Crippen LogP contribution in [0.4, 0.5) is 5.69 Å². The number of carboxylic acids is 1. The third kappa shape index (κ3) is 3.62. The van der Waals surface area contributed by atoms with Gasteiger partial charge in [0.05, 0.1) is 18.2 Å². The number of pyridine rings is 1. The molecule has 1 heterocycles. The monoisotopic (exact) mass is 278 g/mol. The number of nitrogens with zero attached hydrogens (tertiary/aromatic N) is 1. The van der Waals surface area contributed by atoms with Crippen molar-refractivity contribution in [2.24, 2.45) is 5.92 Å². The molecule has 0 spiro atoms. The maximum atomic E-state index is 11.0. The van der Waals surface area contributed by atoms with Crippen molar-refractivity contribution in [3.05, 3.63) is 17.8 Å². The highest BCUT2D eigenvalue weighted by Gasteiger charge is 2.26. The van der Waals surface area contributed by atoms with E-state index in [0.717, 1.165) is 36.9 Å². The summed E-state index contributed by atoms with van der Waals surface area (Å²) in [6, 6.07) is 2.33. The summed E-state index contributed by atoms with van der Waals surface area (Å²) in [6.45, 7) is 4.51. The Hall–Kier alpha value is -1.78. The molecule has 0 amide bonds. The Kier molecular flexibility index (Phi) is 4.82.